The Bertz CT molecular complexity index is 376. The Hall–Kier alpha value is -0.450. The van der Waals surface area contributed by atoms with Crippen LogP contribution in [0, 0.1) is 0 Å². The molecular formula is C14H21BrN2O. The maximum Gasteiger partial charge on any atom is 0.0771 e. The Balaban J connectivity index is 1.80. The number of hydrogen-bond donors (Lipinski definition) is 2. The van der Waals surface area contributed by atoms with E-state index < -0.39 is 5.60 Å². The standard InChI is InChI=1S/C14H21BrN2O/c15-13-7-12(8-16-10-13)9-17-11-14(18)5-3-1-2-4-6-14/h7-8,10,17-18H,1-6,9,11H2. The van der Waals surface area contributed by atoms with Gasteiger partial charge in [-0.05, 0) is 40.4 Å². The lowest BCUT2D eigenvalue weighted by atomic mass is 9.94. The zero-order chi connectivity index (χ0) is 12.8. The number of nitrogens with zero attached hydrogens (tertiary/aromatic N) is 1. The highest BCUT2D eigenvalue weighted by Crippen LogP contribution is 2.26. The van der Waals surface area contributed by atoms with E-state index >= 15 is 0 Å². The predicted molar refractivity (Wildman–Crippen MR) is 76.3 cm³/mol. The van der Waals surface area contributed by atoms with E-state index in [0.717, 1.165) is 42.3 Å². The minimum absolute atomic E-state index is 0.504. The van der Waals surface area contributed by atoms with E-state index in [1.807, 2.05) is 6.20 Å². The van der Waals surface area contributed by atoms with Crippen LogP contribution < -0.4 is 5.32 Å². The van der Waals surface area contributed by atoms with Gasteiger partial charge in [-0.2, -0.15) is 0 Å². The van der Waals surface area contributed by atoms with Crippen molar-refractivity contribution in [3.63, 3.8) is 0 Å². The summed E-state index contributed by atoms with van der Waals surface area (Å²) in [4.78, 5) is 4.13. The van der Waals surface area contributed by atoms with Gasteiger partial charge in [0.05, 0.1) is 5.60 Å². The highest BCUT2D eigenvalue weighted by molar-refractivity contribution is 9.10. The molecule has 1 heterocycles. The summed E-state index contributed by atoms with van der Waals surface area (Å²) in [6.45, 7) is 1.44. The Kier molecular flexibility index (Phi) is 5.15. The second kappa shape index (κ2) is 6.64. The minimum Gasteiger partial charge on any atom is -0.389 e. The molecule has 1 aliphatic rings. The molecule has 0 aliphatic heterocycles. The summed E-state index contributed by atoms with van der Waals surface area (Å²) in [7, 11) is 0. The molecule has 0 atom stereocenters. The molecule has 1 fully saturated rings. The molecule has 0 saturated heterocycles. The van der Waals surface area contributed by atoms with Crippen LogP contribution >= 0.6 is 15.9 Å². The quantitative estimate of drug-likeness (QED) is 0.840. The number of hydrogen-bond acceptors (Lipinski definition) is 3. The molecule has 1 aliphatic carbocycles. The number of rotatable bonds is 4. The first-order valence-electron chi connectivity index (χ1n) is 6.71. The predicted octanol–water partition coefficient (Wildman–Crippen LogP) is 3.02. The van der Waals surface area contributed by atoms with Crippen molar-refractivity contribution in [3.05, 3.63) is 28.5 Å². The molecule has 1 aromatic rings. The number of pyridine rings is 1. The van der Waals surface area contributed by atoms with Crippen molar-refractivity contribution in [1.29, 1.82) is 0 Å². The fourth-order valence-electron chi connectivity index (χ4n) is 2.56. The second-order valence-electron chi connectivity index (χ2n) is 5.25. The van der Waals surface area contributed by atoms with E-state index in [1.165, 1.54) is 12.8 Å². The Morgan fingerprint density at radius 3 is 2.61 bits per heavy atom. The summed E-state index contributed by atoms with van der Waals surface area (Å²) in [5.74, 6) is 0. The molecule has 18 heavy (non-hydrogen) atoms. The van der Waals surface area contributed by atoms with Crippen molar-refractivity contribution in [1.82, 2.24) is 10.3 Å². The van der Waals surface area contributed by atoms with Crippen molar-refractivity contribution in [2.24, 2.45) is 0 Å². The van der Waals surface area contributed by atoms with Gasteiger partial charge in [-0.1, -0.05) is 25.7 Å². The van der Waals surface area contributed by atoms with Crippen LogP contribution in [0.15, 0.2) is 22.9 Å². The molecule has 100 valence electrons. The Labute approximate surface area is 117 Å². The van der Waals surface area contributed by atoms with Crippen LogP contribution in [0.3, 0.4) is 0 Å². The van der Waals surface area contributed by atoms with E-state index in [9.17, 15) is 5.11 Å². The Morgan fingerprint density at radius 2 is 1.94 bits per heavy atom. The summed E-state index contributed by atoms with van der Waals surface area (Å²) >= 11 is 3.41. The summed E-state index contributed by atoms with van der Waals surface area (Å²) in [5, 5.41) is 13.9. The molecule has 1 saturated carbocycles. The monoisotopic (exact) mass is 312 g/mol. The molecule has 0 unspecified atom stereocenters. The molecule has 2 rings (SSSR count). The second-order valence-corrected chi connectivity index (χ2v) is 6.17. The smallest absolute Gasteiger partial charge is 0.0771 e. The lowest BCUT2D eigenvalue weighted by Gasteiger charge is -2.27. The summed E-state index contributed by atoms with van der Waals surface area (Å²) < 4.78 is 0.995. The van der Waals surface area contributed by atoms with Gasteiger partial charge in [0.1, 0.15) is 0 Å². The van der Waals surface area contributed by atoms with Gasteiger partial charge < -0.3 is 10.4 Å². The van der Waals surface area contributed by atoms with E-state index in [1.54, 1.807) is 6.20 Å². The highest BCUT2D eigenvalue weighted by Gasteiger charge is 2.27. The first-order valence-corrected chi connectivity index (χ1v) is 7.50. The van der Waals surface area contributed by atoms with Crippen molar-refractivity contribution >= 4 is 15.9 Å². The van der Waals surface area contributed by atoms with Crippen LogP contribution in [0.25, 0.3) is 0 Å². The molecule has 2 N–H and O–H groups in total. The number of aromatic nitrogens is 1. The van der Waals surface area contributed by atoms with Crippen molar-refractivity contribution in [2.45, 2.75) is 50.7 Å². The topological polar surface area (TPSA) is 45.1 Å². The normalized spacial score (nSPS) is 19.4. The van der Waals surface area contributed by atoms with Gasteiger partial charge in [-0.15, -0.1) is 0 Å². The third-order valence-corrected chi connectivity index (χ3v) is 4.01. The number of nitrogens with one attached hydrogen (secondary N) is 1. The van der Waals surface area contributed by atoms with Crippen LogP contribution in [-0.4, -0.2) is 22.2 Å². The third kappa shape index (κ3) is 4.34. The third-order valence-electron chi connectivity index (χ3n) is 3.58. The first-order chi connectivity index (χ1) is 8.68. The van der Waals surface area contributed by atoms with Gasteiger partial charge in [0, 0.05) is 30.0 Å². The molecule has 0 aromatic carbocycles. The fraction of sp³-hybridized carbons (Fsp3) is 0.643. The van der Waals surface area contributed by atoms with Gasteiger partial charge in [0.15, 0.2) is 0 Å². The molecular weight excluding hydrogens is 292 g/mol. The van der Waals surface area contributed by atoms with Gasteiger partial charge in [-0.25, -0.2) is 0 Å². The van der Waals surface area contributed by atoms with Crippen molar-refractivity contribution in [2.75, 3.05) is 6.54 Å². The van der Waals surface area contributed by atoms with Crippen molar-refractivity contribution < 1.29 is 5.11 Å². The van der Waals surface area contributed by atoms with E-state index in [-0.39, 0.29) is 0 Å². The molecule has 0 spiro atoms. The largest absolute Gasteiger partial charge is 0.389 e. The summed E-state index contributed by atoms with van der Waals surface area (Å²) in [6, 6.07) is 2.05. The van der Waals surface area contributed by atoms with Gasteiger partial charge in [0.2, 0.25) is 0 Å². The molecule has 0 radical (unpaired) electrons. The van der Waals surface area contributed by atoms with E-state index in [4.69, 9.17) is 0 Å². The van der Waals surface area contributed by atoms with Gasteiger partial charge in [-0.3, -0.25) is 4.98 Å². The molecule has 0 bridgehead atoms. The van der Waals surface area contributed by atoms with Crippen LogP contribution in [0.2, 0.25) is 0 Å². The van der Waals surface area contributed by atoms with E-state index in [2.05, 4.69) is 32.3 Å². The van der Waals surface area contributed by atoms with Gasteiger partial charge >= 0.3 is 0 Å². The van der Waals surface area contributed by atoms with Crippen LogP contribution in [0.1, 0.15) is 44.1 Å². The number of halogens is 1. The lowest BCUT2D eigenvalue weighted by molar-refractivity contribution is 0.0250. The van der Waals surface area contributed by atoms with Crippen LogP contribution in [0.5, 0.6) is 0 Å². The summed E-state index contributed by atoms with van der Waals surface area (Å²) in [6.07, 6.45) is 10.3. The number of aliphatic hydroxyl groups is 1. The molecule has 3 nitrogen and oxygen atoms in total. The zero-order valence-electron chi connectivity index (χ0n) is 10.7. The van der Waals surface area contributed by atoms with E-state index in [0.29, 0.717) is 6.54 Å². The molecule has 4 heteroatoms. The SMILES string of the molecule is OC1(CNCc2cncc(Br)c2)CCCCCC1. The summed E-state index contributed by atoms with van der Waals surface area (Å²) in [5.41, 5.74) is 0.636. The average Bonchev–Trinajstić information content (AvgIpc) is 2.55. The van der Waals surface area contributed by atoms with Crippen molar-refractivity contribution in [3.8, 4) is 0 Å². The lowest BCUT2D eigenvalue weighted by Crippen LogP contribution is -2.39. The molecule has 0 amide bonds. The van der Waals surface area contributed by atoms with Crippen LogP contribution in [-0.2, 0) is 6.54 Å². The molecule has 1 aromatic heterocycles. The average molecular weight is 313 g/mol. The maximum absolute atomic E-state index is 10.5. The fourth-order valence-corrected chi connectivity index (χ4v) is 2.97. The maximum atomic E-state index is 10.5. The highest BCUT2D eigenvalue weighted by atomic mass is 79.9. The first kappa shape index (κ1) is 14.0. The van der Waals surface area contributed by atoms with Gasteiger partial charge in [0.25, 0.3) is 0 Å². The Morgan fingerprint density at radius 1 is 1.22 bits per heavy atom. The minimum atomic E-state index is -0.504. The zero-order valence-corrected chi connectivity index (χ0v) is 12.2. The van der Waals surface area contributed by atoms with Crippen LogP contribution in [0.4, 0.5) is 0 Å².